The molecule has 0 aliphatic carbocycles. The highest BCUT2D eigenvalue weighted by Gasteiger charge is 2.49. The summed E-state index contributed by atoms with van der Waals surface area (Å²) in [6.07, 6.45) is 5.85. The Morgan fingerprint density at radius 3 is 1.93 bits per heavy atom. The van der Waals surface area contributed by atoms with Crippen LogP contribution in [-0.2, 0) is 10.8 Å². The first-order valence-corrected chi connectivity index (χ1v) is 12.3. The average molecular weight is 405 g/mol. The topological polar surface area (TPSA) is 34.4 Å². The minimum Gasteiger partial charge on any atom is -0.432 e. The van der Waals surface area contributed by atoms with Crippen molar-refractivity contribution in [2.24, 2.45) is 0 Å². The van der Waals surface area contributed by atoms with Crippen LogP contribution in [0.3, 0.4) is 0 Å². The molecule has 0 radical (unpaired) electrons. The summed E-state index contributed by atoms with van der Waals surface area (Å²) in [5.41, 5.74) is 1.23. The van der Waals surface area contributed by atoms with E-state index in [0.29, 0.717) is 6.61 Å². The zero-order chi connectivity index (χ0) is 20.9. The van der Waals surface area contributed by atoms with Gasteiger partial charge in [0.1, 0.15) is 0 Å². The van der Waals surface area contributed by atoms with Gasteiger partial charge in [0.05, 0.1) is 0 Å². The summed E-state index contributed by atoms with van der Waals surface area (Å²) in [4.78, 5) is 0. The molecular formula is C24H32BNO2Si. The summed E-state index contributed by atoms with van der Waals surface area (Å²) in [5, 5.41) is 12.3. The fraction of sp³-hybridized carbons (Fsp3) is 0.333. The Morgan fingerprint density at radius 1 is 0.931 bits per heavy atom. The molecule has 2 aromatic carbocycles. The number of aryl methyl sites for hydroxylation is 1. The lowest BCUT2D eigenvalue weighted by molar-refractivity contribution is 0.292. The van der Waals surface area contributed by atoms with Gasteiger partial charge in [0.2, 0.25) is 0 Å². The second-order valence-electron chi connectivity index (χ2n) is 8.71. The molecule has 1 N–H and O–H groups in total. The summed E-state index contributed by atoms with van der Waals surface area (Å²) in [7, 11) is -2.93. The van der Waals surface area contributed by atoms with Gasteiger partial charge in [-0.25, -0.2) is 0 Å². The molecule has 0 amide bonds. The highest BCUT2D eigenvalue weighted by atomic mass is 28.4. The third kappa shape index (κ3) is 4.74. The molecule has 0 spiro atoms. The molecule has 3 aromatic rings. The van der Waals surface area contributed by atoms with Crippen molar-refractivity contribution in [3.05, 3.63) is 84.7 Å². The predicted octanol–water partition coefficient (Wildman–Crippen LogP) is 3.96. The van der Waals surface area contributed by atoms with Gasteiger partial charge in [-0.05, 0) is 59.1 Å². The van der Waals surface area contributed by atoms with Gasteiger partial charge in [0, 0.05) is 6.61 Å². The Kier molecular flexibility index (Phi) is 6.83. The Bertz CT molecular complexity index is 849. The van der Waals surface area contributed by atoms with Gasteiger partial charge in [-0.1, -0.05) is 81.4 Å². The molecule has 1 heterocycles. The van der Waals surface area contributed by atoms with E-state index in [1.807, 2.05) is 16.9 Å². The molecule has 0 fully saturated rings. The summed E-state index contributed by atoms with van der Waals surface area (Å²) < 4.78 is 8.76. The third-order valence-electron chi connectivity index (χ3n) is 5.55. The molecule has 0 unspecified atom stereocenters. The fourth-order valence-electron chi connectivity index (χ4n) is 4.10. The van der Waals surface area contributed by atoms with Crippen LogP contribution in [0.15, 0.2) is 79.1 Å². The van der Waals surface area contributed by atoms with Crippen molar-refractivity contribution < 1.29 is 9.45 Å². The van der Waals surface area contributed by atoms with Crippen molar-refractivity contribution in [2.75, 3.05) is 6.61 Å². The van der Waals surface area contributed by atoms with Crippen molar-refractivity contribution in [3.63, 3.8) is 0 Å². The minimum absolute atomic E-state index is 0.00531. The molecule has 3 nitrogen and oxygen atoms in total. The van der Waals surface area contributed by atoms with E-state index in [-0.39, 0.29) is 5.04 Å². The summed E-state index contributed by atoms with van der Waals surface area (Å²) >= 11 is 0. The maximum absolute atomic E-state index is 9.70. The Hall–Kier alpha value is -2.08. The molecule has 1 aromatic heterocycles. The molecule has 0 aliphatic rings. The lowest BCUT2D eigenvalue weighted by atomic mass is 9.88. The van der Waals surface area contributed by atoms with E-state index in [2.05, 4.69) is 87.5 Å². The van der Waals surface area contributed by atoms with Crippen LogP contribution in [0.5, 0.6) is 0 Å². The zero-order valence-electron chi connectivity index (χ0n) is 18.0. The Balaban J connectivity index is 1.83. The number of hydrogen-bond donors (Lipinski definition) is 1. The van der Waals surface area contributed by atoms with Crippen molar-refractivity contribution in [3.8, 4) is 0 Å². The molecule has 0 bridgehead atoms. The number of aromatic nitrogens is 1. The van der Waals surface area contributed by atoms with Crippen molar-refractivity contribution in [1.82, 2.24) is 4.48 Å². The van der Waals surface area contributed by atoms with Crippen LogP contribution in [0.2, 0.25) is 11.9 Å². The van der Waals surface area contributed by atoms with Crippen molar-refractivity contribution in [2.45, 2.75) is 45.5 Å². The van der Waals surface area contributed by atoms with E-state index >= 15 is 0 Å². The summed E-state index contributed by atoms with van der Waals surface area (Å²) in [6, 6.07) is 23.6. The van der Waals surface area contributed by atoms with Crippen molar-refractivity contribution >= 4 is 25.7 Å². The standard InChI is InChI=1S/C24H32BNO2Si/c1-24(2,3)29(22-13-7-5-8-14-22,23-15-9-6-10-16-23)28-19-11-12-21-17-18-26(20-21)25(4)27/h5-10,13-18,20,27H,11-12,19H2,1-4H3. The third-order valence-corrected chi connectivity index (χ3v) is 10.6. The largest absolute Gasteiger partial charge is 0.432 e. The van der Waals surface area contributed by atoms with Gasteiger partial charge in [-0.15, -0.1) is 0 Å². The molecule has 5 heteroatoms. The quantitative estimate of drug-likeness (QED) is 0.455. The number of nitrogens with zero attached hydrogens (tertiary/aromatic N) is 1. The minimum atomic E-state index is -2.45. The fourth-order valence-corrected chi connectivity index (χ4v) is 8.71. The van der Waals surface area contributed by atoms with E-state index in [0.717, 1.165) is 12.8 Å². The lowest BCUT2D eigenvalue weighted by Crippen LogP contribution is -2.66. The van der Waals surface area contributed by atoms with Crippen LogP contribution in [0.1, 0.15) is 32.8 Å². The molecule has 0 aliphatic heterocycles. The second kappa shape index (κ2) is 9.16. The van der Waals surface area contributed by atoms with E-state index in [4.69, 9.17) is 4.43 Å². The van der Waals surface area contributed by atoms with Crippen LogP contribution in [0.25, 0.3) is 0 Å². The lowest BCUT2D eigenvalue weighted by Gasteiger charge is -2.43. The molecular weight excluding hydrogens is 373 g/mol. The summed E-state index contributed by atoms with van der Waals surface area (Å²) in [6.45, 7) is 9.41. The normalized spacial score (nSPS) is 12.2. The van der Waals surface area contributed by atoms with Gasteiger partial charge >= 0.3 is 7.05 Å². The number of rotatable bonds is 8. The Labute approximate surface area is 176 Å². The Morgan fingerprint density at radius 2 is 1.48 bits per heavy atom. The van der Waals surface area contributed by atoms with Crippen molar-refractivity contribution in [1.29, 1.82) is 0 Å². The van der Waals surface area contributed by atoms with Gasteiger partial charge in [-0.2, -0.15) is 0 Å². The monoisotopic (exact) mass is 405 g/mol. The van der Waals surface area contributed by atoms with Crippen LogP contribution in [-0.4, -0.2) is 31.5 Å². The number of hydrogen-bond acceptors (Lipinski definition) is 2. The first-order valence-electron chi connectivity index (χ1n) is 10.4. The molecule has 0 saturated carbocycles. The van der Waals surface area contributed by atoms with Gasteiger partial charge in [0.25, 0.3) is 8.32 Å². The zero-order valence-corrected chi connectivity index (χ0v) is 19.0. The highest BCUT2D eigenvalue weighted by Crippen LogP contribution is 2.36. The molecule has 3 rings (SSSR count). The molecule has 0 atom stereocenters. The number of benzene rings is 2. The van der Waals surface area contributed by atoms with Crippen LogP contribution >= 0.6 is 0 Å². The van der Waals surface area contributed by atoms with Crippen LogP contribution < -0.4 is 10.4 Å². The highest BCUT2D eigenvalue weighted by molar-refractivity contribution is 6.99. The maximum Gasteiger partial charge on any atom is 0.413 e. The SMILES string of the molecule is CB(O)n1ccc(CCCO[Si](c2ccccc2)(c2ccccc2)C(C)(C)C)c1. The van der Waals surface area contributed by atoms with Gasteiger partial charge in [-0.3, -0.25) is 0 Å². The molecule has 29 heavy (non-hydrogen) atoms. The average Bonchev–Trinajstić information content (AvgIpc) is 3.18. The summed E-state index contributed by atoms with van der Waals surface area (Å²) in [5.74, 6) is 0. The first-order chi connectivity index (χ1) is 13.8. The van der Waals surface area contributed by atoms with Crippen LogP contribution in [0, 0.1) is 0 Å². The smallest absolute Gasteiger partial charge is 0.413 e. The first kappa shape index (κ1) is 21.6. The van der Waals surface area contributed by atoms with Crippen LogP contribution in [0.4, 0.5) is 0 Å². The predicted molar refractivity (Wildman–Crippen MR) is 126 cm³/mol. The maximum atomic E-state index is 9.70. The van der Waals surface area contributed by atoms with Gasteiger partial charge < -0.3 is 13.9 Å². The molecule has 0 saturated heterocycles. The van der Waals surface area contributed by atoms with E-state index in [9.17, 15) is 5.02 Å². The van der Waals surface area contributed by atoms with E-state index in [1.165, 1.54) is 15.9 Å². The molecule has 152 valence electrons. The van der Waals surface area contributed by atoms with E-state index < -0.39 is 15.4 Å². The van der Waals surface area contributed by atoms with Gasteiger partial charge in [0.15, 0.2) is 0 Å². The second-order valence-corrected chi connectivity index (χ2v) is 13.0. The van der Waals surface area contributed by atoms with E-state index in [1.54, 1.807) is 6.82 Å².